The fourth-order valence-corrected chi connectivity index (χ4v) is 2.36. The third-order valence-electron chi connectivity index (χ3n) is 3.39. The van der Waals surface area contributed by atoms with Gasteiger partial charge in [-0.05, 0) is 49.7 Å². The Bertz CT molecular complexity index is 774. The van der Waals surface area contributed by atoms with Crippen molar-refractivity contribution in [2.45, 2.75) is 13.8 Å². The third-order valence-corrected chi connectivity index (χ3v) is 3.62. The lowest BCUT2D eigenvalue weighted by Crippen LogP contribution is -2.21. The molecule has 0 saturated carbocycles. The van der Waals surface area contributed by atoms with E-state index in [9.17, 15) is 9.59 Å². The number of benzene rings is 2. The molecule has 5 nitrogen and oxygen atoms in total. The SMILES string of the molecule is COc1ccc(C(C)=O)c(OCC(=O)Nc2ccc(Cl)cc2C)c1. The molecule has 0 spiro atoms. The molecule has 0 atom stereocenters. The Labute approximate surface area is 145 Å². The monoisotopic (exact) mass is 347 g/mol. The van der Waals surface area contributed by atoms with Gasteiger partial charge >= 0.3 is 0 Å². The molecule has 0 aromatic heterocycles. The highest BCUT2D eigenvalue weighted by Crippen LogP contribution is 2.25. The smallest absolute Gasteiger partial charge is 0.262 e. The van der Waals surface area contributed by atoms with Crippen molar-refractivity contribution in [3.05, 3.63) is 52.5 Å². The molecule has 0 fully saturated rings. The van der Waals surface area contributed by atoms with Crippen LogP contribution in [0.4, 0.5) is 5.69 Å². The summed E-state index contributed by atoms with van der Waals surface area (Å²) < 4.78 is 10.6. The highest BCUT2D eigenvalue weighted by atomic mass is 35.5. The lowest BCUT2D eigenvalue weighted by atomic mass is 10.1. The Morgan fingerprint density at radius 3 is 2.54 bits per heavy atom. The van der Waals surface area contributed by atoms with E-state index in [0.717, 1.165) is 5.56 Å². The highest BCUT2D eigenvalue weighted by molar-refractivity contribution is 6.30. The lowest BCUT2D eigenvalue weighted by Gasteiger charge is -2.12. The van der Waals surface area contributed by atoms with Crippen molar-refractivity contribution < 1.29 is 19.1 Å². The maximum Gasteiger partial charge on any atom is 0.262 e. The number of aryl methyl sites for hydroxylation is 1. The zero-order valence-electron chi connectivity index (χ0n) is 13.7. The van der Waals surface area contributed by atoms with Crippen LogP contribution in [0.5, 0.6) is 11.5 Å². The van der Waals surface area contributed by atoms with Gasteiger partial charge in [0.1, 0.15) is 11.5 Å². The molecule has 2 rings (SSSR count). The number of carbonyl (C=O) groups is 2. The van der Waals surface area contributed by atoms with Crippen molar-refractivity contribution in [3.63, 3.8) is 0 Å². The van der Waals surface area contributed by atoms with Crippen LogP contribution in [0, 0.1) is 6.92 Å². The van der Waals surface area contributed by atoms with Crippen molar-refractivity contribution in [1.29, 1.82) is 0 Å². The van der Waals surface area contributed by atoms with Crippen LogP contribution in [0.15, 0.2) is 36.4 Å². The summed E-state index contributed by atoms with van der Waals surface area (Å²) in [5.41, 5.74) is 1.90. The molecule has 0 unspecified atom stereocenters. The number of hydrogen-bond donors (Lipinski definition) is 1. The summed E-state index contributed by atoms with van der Waals surface area (Å²) in [5, 5.41) is 3.35. The van der Waals surface area contributed by atoms with E-state index < -0.39 is 0 Å². The quantitative estimate of drug-likeness (QED) is 0.805. The van der Waals surface area contributed by atoms with Crippen molar-refractivity contribution in [3.8, 4) is 11.5 Å². The number of Topliss-reactive ketones (excluding diaryl/α,β-unsaturated/α-hetero) is 1. The number of amides is 1. The van der Waals surface area contributed by atoms with Gasteiger partial charge in [-0.1, -0.05) is 11.6 Å². The van der Waals surface area contributed by atoms with E-state index in [1.807, 2.05) is 6.92 Å². The van der Waals surface area contributed by atoms with Gasteiger partial charge in [0.05, 0.1) is 12.7 Å². The molecule has 2 aromatic rings. The summed E-state index contributed by atoms with van der Waals surface area (Å²) in [5.74, 6) is 0.369. The zero-order valence-corrected chi connectivity index (χ0v) is 14.4. The van der Waals surface area contributed by atoms with Crippen LogP contribution in [0.1, 0.15) is 22.8 Å². The predicted octanol–water partition coefficient (Wildman–Crippen LogP) is 3.88. The van der Waals surface area contributed by atoms with Gasteiger partial charge in [-0.2, -0.15) is 0 Å². The number of anilines is 1. The molecule has 0 saturated heterocycles. The molecule has 0 aliphatic heterocycles. The largest absolute Gasteiger partial charge is 0.497 e. The molecule has 0 heterocycles. The Morgan fingerprint density at radius 1 is 1.17 bits per heavy atom. The summed E-state index contributed by atoms with van der Waals surface area (Å²) in [6, 6.07) is 10.0. The van der Waals surface area contributed by atoms with Gasteiger partial charge in [0.25, 0.3) is 5.91 Å². The summed E-state index contributed by atoms with van der Waals surface area (Å²) in [4.78, 5) is 23.7. The first-order valence-corrected chi connectivity index (χ1v) is 7.66. The van der Waals surface area contributed by atoms with E-state index in [4.69, 9.17) is 21.1 Å². The third kappa shape index (κ3) is 4.49. The van der Waals surface area contributed by atoms with Crippen LogP contribution in [-0.4, -0.2) is 25.4 Å². The molecular formula is C18H18ClNO4. The van der Waals surface area contributed by atoms with Crippen LogP contribution < -0.4 is 14.8 Å². The van der Waals surface area contributed by atoms with Gasteiger partial charge in [0.2, 0.25) is 0 Å². The van der Waals surface area contributed by atoms with Crippen molar-refractivity contribution >= 4 is 29.0 Å². The van der Waals surface area contributed by atoms with Crippen LogP contribution >= 0.6 is 11.6 Å². The molecule has 2 aromatic carbocycles. The summed E-state index contributed by atoms with van der Waals surface area (Å²) >= 11 is 5.89. The Kier molecular flexibility index (Phi) is 5.82. The van der Waals surface area contributed by atoms with Gasteiger partial charge in [0.15, 0.2) is 12.4 Å². The second-order valence-electron chi connectivity index (χ2n) is 5.21. The van der Waals surface area contributed by atoms with Gasteiger partial charge in [0, 0.05) is 16.8 Å². The Balaban J connectivity index is 2.07. The maximum absolute atomic E-state index is 12.1. The fraction of sp³-hybridized carbons (Fsp3) is 0.222. The number of ether oxygens (including phenoxy) is 2. The average molecular weight is 348 g/mol. The molecule has 0 radical (unpaired) electrons. The molecule has 1 amide bonds. The van der Waals surface area contributed by atoms with E-state index in [1.54, 1.807) is 36.4 Å². The molecule has 0 aliphatic rings. The summed E-state index contributed by atoms with van der Waals surface area (Å²) in [7, 11) is 1.52. The van der Waals surface area contributed by atoms with Crippen LogP contribution in [0.25, 0.3) is 0 Å². The zero-order chi connectivity index (χ0) is 17.7. The Morgan fingerprint density at radius 2 is 1.92 bits per heavy atom. The van der Waals surface area contributed by atoms with Gasteiger partial charge in [-0.3, -0.25) is 9.59 Å². The molecular weight excluding hydrogens is 330 g/mol. The van der Waals surface area contributed by atoms with Crippen molar-refractivity contribution in [2.24, 2.45) is 0 Å². The number of halogens is 1. The first-order valence-electron chi connectivity index (χ1n) is 7.28. The standard InChI is InChI=1S/C18H18ClNO4/c1-11-8-13(19)4-7-16(11)20-18(22)10-24-17-9-14(23-3)5-6-15(17)12(2)21/h4-9H,10H2,1-3H3,(H,20,22). The van der Waals surface area contributed by atoms with E-state index >= 15 is 0 Å². The van der Waals surface area contributed by atoms with E-state index in [-0.39, 0.29) is 18.3 Å². The minimum atomic E-state index is -0.335. The molecule has 6 heteroatoms. The normalized spacial score (nSPS) is 10.2. The molecule has 24 heavy (non-hydrogen) atoms. The maximum atomic E-state index is 12.1. The number of ketones is 1. The van der Waals surface area contributed by atoms with E-state index in [2.05, 4.69) is 5.32 Å². The first-order chi connectivity index (χ1) is 11.4. The van der Waals surface area contributed by atoms with Gasteiger partial charge < -0.3 is 14.8 Å². The second-order valence-corrected chi connectivity index (χ2v) is 5.65. The summed E-state index contributed by atoms with van der Waals surface area (Å²) in [6.45, 7) is 3.06. The van der Waals surface area contributed by atoms with Gasteiger partial charge in [-0.25, -0.2) is 0 Å². The molecule has 0 bridgehead atoms. The average Bonchev–Trinajstić information content (AvgIpc) is 2.55. The van der Waals surface area contributed by atoms with Crippen LogP contribution in [0.3, 0.4) is 0 Å². The fourth-order valence-electron chi connectivity index (χ4n) is 2.14. The van der Waals surface area contributed by atoms with Gasteiger partial charge in [-0.15, -0.1) is 0 Å². The number of hydrogen-bond acceptors (Lipinski definition) is 4. The predicted molar refractivity (Wildman–Crippen MR) is 93.3 cm³/mol. The lowest BCUT2D eigenvalue weighted by molar-refractivity contribution is -0.118. The number of nitrogens with one attached hydrogen (secondary N) is 1. The topological polar surface area (TPSA) is 64.6 Å². The molecule has 0 aliphatic carbocycles. The van der Waals surface area contributed by atoms with E-state index in [1.165, 1.54) is 14.0 Å². The minimum absolute atomic E-state index is 0.151. The Hall–Kier alpha value is -2.53. The van der Waals surface area contributed by atoms with Crippen molar-refractivity contribution in [1.82, 2.24) is 0 Å². The van der Waals surface area contributed by atoms with E-state index in [0.29, 0.717) is 27.8 Å². The molecule has 1 N–H and O–H groups in total. The van der Waals surface area contributed by atoms with Crippen LogP contribution in [-0.2, 0) is 4.79 Å². The van der Waals surface area contributed by atoms with Crippen molar-refractivity contribution in [2.75, 3.05) is 19.0 Å². The highest BCUT2D eigenvalue weighted by Gasteiger charge is 2.12. The number of carbonyl (C=O) groups excluding carboxylic acids is 2. The number of methoxy groups -OCH3 is 1. The second kappa shape index (κ2) is 7.84. The minimum Gasteiger partial charge on any atom is -0.497 e. The number of rotatable bonds is 6. The van der Waals surface area contributed by atoms with Crippen LogP contribution in [0.2, 0.25) is 5.02 Å². The summed E-state index contributed by atoms with van der Waals surface area (Å²) in [6.07, 6.45) is 0. The molecule has 126 valence electrons. The first kappa shape index (κ1) is 17.8.